The smallest absolute Gasteiger partial charge is 0.251 e. The summed E-state index contributed by atoms with van der Waals surface area (Å²) in [6, 6.07) is 7.41. The molecule has 4 N–H and O–H groups in total. The van der Waals surface area contributed by atoms with Crippen molar-refractivity contribution >= 4 is 11.9 Å². The first-order valence-corrected chi connectivity index (χ1v) is 7.04. The van der Waals surface area contributed by atoms with E-state index in [0.29, 0.717) is 18.1 Å². The first-order chi connectivity index (χ1) is 9.69. The number of hydrogen-bond acceptors (Lipinski definition) is 2. The van der Waals surface area contributed by atoms with Crippen LogP contribution in [-0.2, 0) is 6.54 Å². The molecule has 0 bridgehead atoms. The number of benzene rings is 1. The Kier molecular flexibility index (Phi) is 4.98. The molecule has 1 amide bonds. The van der Waals surface area contributed by atoms with Crippen molar-refractivity contribution in [3.63, 3.8) is 0 Å². The van der Waals surface area contributed by atoms with Crippen LogP contribution in [0.25, 0.3) is 0 Å². The summed E-state index contributed by atoms with van der Waals surface area (Å²) in [6.45, 7) is 1.39. The highest BCUT2D eigenvalue weighted by Crippen LogP contribution is 2.24. The summed E-state index contributed by atoms with van der Waals surface area (Å²) in [5.41, 5.74) is 7.44. The van der Waals surface area contributed by atoms with Crippen LogP contribution in [0.5, 0.6) is 0 Å². The van der Waals surface area contributed by atoms with Crippen LogP contribution in [0.2, 0.25) is 0 Å². The largest absolute Gasteiger partial charge is 0.370 e. The van der Waals surface area contributed by atoms with Crippen molar-refractivity contribution in [2.45, 2.75) is 25.8 Å². The second kappa shape index (κ2) is 6.93. The van der Waals surface area contributed by atoms with Crippen LogP contribution in [-0.4, -0.2) is 25.5 Å². The van der Waals surface area contributed by atoms with Gasteiger partial charge in [-0.15, -0.1) is 0 Å². The first-order valence-electron chi connectivity index (χ1n) is 7.04. The van der Waals surface area contributed by atoms with Crippen molar-refractivity contribution in [3.8, 4) is 0 Å². The Labute approximate surface area is 119 Å². The van der Waals surface area contributed by atoms with E-state index in [9.17, 15) is 4.79 Å². The summed E-state index contributed by atoms with van der Waals surface area (Å²) in [7, 11) is 1.62. The van der Waals surface area contributed by atoms with Crippen molar-refractivity contribution in [1.29, 1.82) is 0 Å². The molecule has 0 spiro atoms. The summed E-state index contributed by atoms with van der Waals surface area (Å²) >= 11 is 0. The van der Waals surface area contributed by atoms with E-state index < -0.39 is 0 Å². The number of nitrogens with zero attached hydrogens (tertiary/aromatic N) is 1. The minimum absolute atomic E-state index is 0.0908. The van der Waals surface area contributed by atoms with Crippen LogP contribution in [0.3, 0.4) is 0 Å². The number of carbonyl (C=O) groups excluding carboxylic acids is 1. The third kappa shape index (κ3) is 3.98. The monoisotopic (exact) mass is 274 g/mol. The van der Waals surface area contributed by atoms with Crippen LogP contribution < -0.4 is 16.4 Å². The summed E-state index contributed by atoms with van der Waals surface area (Å²) in [5, 5.41) is 5.76. The van der Waals surface area contributed by atoms with E-state index in [0.717, 1.165) is 18.0 Å². The lowest BCUT2D eigenvalue weighted by atomic mass is 9.85. The Morgan fingerprint density at radius 1 is 1.45 bits per heavy atom. The Hall–Kier alpha value is -2.04. The van der Waals surface area contributed by atoms with Crippen molar-refractivity contribution in [2.24, 2.45) is 16.6 Å². The van der Waals surface area contributed by atoms with Gasteiger partial charge >= 0.3 is 0 Å². The molecule has 1 aliphatic rings. The van der Waals surface area contributed by atoms with Gasteiger partial charge in [-0.1, -0.05) is 18.6 Å². The molecule has 1 aromatic rings. The number of nitrogens with two attached hydrogens (primary N) is 1. The standard InChI is InChI=1S/C15H22N4O/c1-17-14(20)13-7-3-6-12(8-13)10-19-15(16)18-9-11-4-2-5-11/h3,6-8,11H,2,4-5,9-10H2,1H3,(H,17,20)(H3,16,18,19). The zero-order valence-corrected chi connectivity index (χ0v) is 11.9. The van der Waals surface area contributed by atoms with Gasteiger partial charge in [-0.25, -0.2) is 4.99 Å². The normalized spacial score (nSPS) is 15.6. The predicted molar refractivity (Wildman–Crippen MR) is 80.5 cm³/mol. The summed E-state index contributed by atoms with van der Waals surface area (Å²) in [5.74, 6) is 1.13. The minimum atomic E-state index is -0.0908. The van der Waals surface area contributed by atoms with Crippen molar-refractivity contribution in [1.82, 2.24) is 10.6 Å². The lowest BCUT2D eigenvalue weighted by molar-refractivity contribution is 0.0963. The highest BCUT2D eigenvalue weighted by molar-refractivity contribution is 5.94. The molecule has 0 aliphatic heterocycles. The number of guanidine groups is 1. The van der Waals surface area contributed by atoms with Gasteiger partial charge in [0.1, 0.15) is 0 Å². The van der Waals surface area contributed by atoms with Crippen molar-refractivity contribution < 1.29 is 4.79 Å². The fourth-order valence-corrected chi connectivity index (χ4v) is 2.13. The fraction of sp³-hybridized carbons (Fsp3) is 0.467. The molecule has 0 heterocycles. The van der Waals surface area contributed by atoms with E-state index in [1.165, 1.54) is 19.3 Å². The van der Waals surface area contributed by atoms with Gasteiger partial charge in [-0.2, -0.15) is 0 Å². The molecule has 1 saturated carbocycles. The molecule has 0 unspecified atom stereocenters. The molecule has 5 nitrogen and oxygen atoms in total. The molecule has 20 heavy (non-hydrogen) atoms. The van der Waals surface area contributed by atoms with Gasteiger partial charge in [0.15, 0.2) is 5.96 Å². The lowest BCUT2D eigenvalue weighted by Crippen LogP contribution is -2.37. The Balaban J connectivity index is 1.86. The average Bonchev–Trinajstić information content (AvgIpc) is 2.43. The number of nitrogens with one attached hydrogen (secondary N) is 2. The molecular weight excluding hydrogens is 252 g/mol. The molecular formula is C15H22N4O. The van der Waals surface area contributed by atoms with Gasteiger partial charge in [-0.05, 0) is 36.5 Å². The van der Waals surface area contributed by atoms with Gasteiger partial charge in [0.2, 0.25) is 0 Å². The van der Waals surface area contributed by atoms with Crippen molar-refractivity contribution in [3.05, 3.63) is 35.4 Å². The summed E-state index contributed by atoms with van der Waals surface area (Å²) in [4.78, 5) is 15.8. The van der Waals surface area contributed by atoms with E-state index in [1.807, 2.05) is 18.2 Å². The van der Waals surface area contributed by atoms with E-state index in [2.05, 4.69) is 15.6 Å². The maximum atomic E-state index is 11.5. The van der Waals surface area contributed by atoms with Gasteiger partial charge < -0.3 is 16.4 Å². The first kappa shape index (κ1) is 14.4. The molecule has 1 aromatic carbocycles. The molecule has 0 atom stereocenters. The Bertz CT molecular complexity index is 494. The number of rotatable bonds is 5. The van der Waals surface area contributed by atoms with Crippen LogP contribution in [0.1, 0.15) is 35.2 Å². The predicted octanol–water partition coefficient (Wildman–Crippen LogP) is 1.25. The van der Waals surface area contributed by atoms with E-state index in [1.54, 1.807) is 13.1 Å². The second-order valence-electron chi connectivity index (χ2n) is 5.16. The number of carbonyl (C=O) groups is 1. The maximum Gasteiger partial charge on any atom is 0.251 e. The van der Waals surface area contributed by atoms with Gasteiger partial charge in [-0.3, -0.25) is 4.79 Å². The number of amides is 1. The highest BCUT2D eigenvalue weighted by Gasteiger charge is 2.16. The van der Waals surface area contributed by atoms with Crippen LogP contribution in [0.4, 0.5) is 0 Å². The van der Waals surface area contributed by atoms with Gasteiger partial charge in [0.05, 0.1) is 6.54 Å². The van der Waals surface area contributed by atoms with E-state index >= 15 is 0 Å². The van der Waals surface area contributed by atoms with E-state index in [-0.39, 0.29) is 5.91 Å². The highest BCUT2D eigenvalue weighted by atomic mass is 16.1. The summed E-state index contributed by atoms with van der Waals surface area (Å²) in [6.07, 6.45) is 3.90. The summed E-state index contributed by atoms with van der Waals surface area (Å²) < 4.78 is 0. The minimum Gasteiger partial charge on any atom is -0.370 e. The third-order valence-electron chi connectivity index (χ3n) is 3.64. The van der Waals surface area contributed by atoms with Crippen LogP contribution in [0.15, 0.2) is 29.3 Å². The zero-order valence-electron chi connectivity index (χ0n) is 11.9. The van der Waals surface area contributed by atoms with Crippen LogP contribution in [0, 0.1) is 5.92 Å². The maximum absolute atomic E-state index is 11.5. The van der Waals surface area contributed by atoms with E-state index in [4.69, 9.17) is 5.73 Å². The molecule has 0 saturated heterocycles. The Morgan fingerprint density at radius 3 is 2.90 bits per heavy atom. The van der Waals surface area contributed by atoms with Crippen LogP contribution >= 0.6 is 0 Å². The second-order valence-corrected chi connectivity index (χ2v) is 5.16. The zero-order chi connectivity index (χ0) is 14.4. The molecule has 1 aliphatic carbocycles. The fourth-order valence-electron chi connectivity index (χ4n) is 2.13. The molecule has 5 heteroatoms. The quantitative estimate of drug-likeness (QED) is 0.558. The molecule has 1 fully saturated rings. The molecule has 2 rings (SSSR count). The number of hydrogen-bond donors (Lipinski definition) is 3. The number of aliphatic imine (C=N–C) groups is 1. The molecule has 0 radical (unpaired) electrons. The SMILES string of the molecule is CNC(=O)c1cccc(CN=C(N)NCC2CCC2)c1. The topological polar surface area (TPSA) is 79.5 Å². The van der Waals surface area contributed by atoms with Gasteiger partial charge in [0, 0.05) is 19.2 Å². The molecule has 108 valence electrons. The van der Waals surface area contributed by atoms with Gasteiger partial charge in [0.25, 0.3) is 5.91 Å². The van der Waals surface area contributed by atoms with Crippen molar-refractivity contribution in [2.75, 3.05) is 13.6 Å². The Morgan fingerprint density at radius 2 is 2.25 bits per heavy atom. The third-order valence-corrected chi connectivity index (χ3v) is 3.64. The molecule has 0 aromatic heterocycles. The lowest BCUT2D eigenvalue weighted by Gasteiger charge is -2.25. The average molecular weight is 274 g/mol.